The Morgan fingerprint density at radius 1 is 1.42 bits per heavy atom. The van der Waals surface area contributed by atoms with Crippen molar-refractivity contribution in [1.82, 2.24) is 4.90 Å². The molecule has 0 spiro atoms. The summed E-state index contributed by atoms with van der Waals surface area (Å²) >= 11 is 0. The van der Waals surface area contributed by atoms with Gasteiger partial charge in [0.2, 0.25) is 0 Å². The maximum atomic E-state index is 12.3. The Kier molecular flexibility index (Phi) is 4.64. The molecule has 0 aromatic rings. The highest BCUT2D eigenvalue weighted by Crippen LogP contribution is 2.35. The molecule has 1 heterocycles. The van der Waals surface area contributed by atoms with Gasteiger partial charge in [-0.2, -0.15) is 0 Å². The Morgan fingerprint density at radius 2 is 2.00 bits per heavy atom. The molecular formula is C15H27NO3. The first-order chi connectivity index (χ1) is 8.56. The van der Waals surface area contributed by atoms with Crippen LogP contribution in [0.1, 0.15) is 54.4 Å². The van der Waals surface area contributed by atoms with E-state index in [1.165, 1.54) is 0 Å². The van der Waals surface area contributed by atoms with Gasteiger partial charge in [-0.15, -0.1) is 0 Å². The standard InChI is InChI=1S/C15H27NO3/c1-11(9-17)12-7-8-15(5,6)10-16(12)13(18)19-14(2,3)4/h9,11-12H,7-8,10H2,1-6H3. The van der Waals surface area contributed by atoms with Gasteiger partial charge < -0.3 is 14.4 Å². The second kappa shape index (κ2) is 5.51. The van der Waals surface area contributed by atoms with Crippen molar-refractivity contribution in [2.75, 3.05) is 6.54 Å². The van der Waals surface area contributed by atoms with Crippen LogP contribution in [0.5, 0.6) is 0 Å². The summed E-state index contributed by atoms with van der Waals surface area (Å²) < 4.78 is 5.47. The number of likely N-dealkylation sites (tertiary alicyclic amines) is 1. The normalized spacial score (nSPS) is 24.7. The molecule has 1 fully saturated rings. The quantitative estimate of drug-likeness (QED) is 0.723. The molecule has 4 nitrogen and oxygen atoms in total. The minimum atomic E-state index is -0.506. The van der Waals surface area contributed by atoms with E-state index in [1.54, 1.807) is 4.90 Å². The molecule has 1 rings (SSSR count). The van der Waals surface area contributed by atoms with Crippen molar-refractivity contribution in [2.45, 2.75) is 66.0 Å². The van der Waals surface area contributed by atoms with Crippen LogP contribution >= 0.6 is 0 Å². The molecule has 0 aliphatic carbocycles. The van der Waals surface area contributed by atoms with E-state index in [9.17, 15) is 9.59 Å². The lowest BCUT2D eigenvalue weighted by Crippen LogP contribution is -2.53. The minimum absolute atomic E-state index is 0.0413. The number of aldehydes is 1. The van der Waals surface area contributed by atoms with Crippen molar-refractivity contribution in [2.24, 2.45) is 11.3 Å². The van der Waals surface area contributed by atoms with Crippen molar-refractivity contribution < 1.29 is 14.3 Å². The van der Waals surface area contributed by atoms with Crippen LogP contribution in [0.15, 0.2) is 0 Å². The highest BCUT2D eigenvalue weighted by atomic mass is 16.6. The van der Waals surface area contributed by atoms with Crippen LogP contribution in [0, 0.1) is 11.3 Å². The van der Waals surface area contributed by atoms with E-state index < -0.39 is 5.60 Å². The van der Waals surface area contributed by atoms with Crippen molar-refractivity contribution in [3.8, 4) is 0 Å². The van der Waals surface area contributed by atoms with Crippen LogP contribution in [-0.2, 0) is 9.53 Å². The number of nitrogens with zero attached hydrogens (tertiary/aromatic N) is 1. The van der Waals surface area contributed by atoms with Crippen LogP contribution in [0.4, 0.5) is 4.79 Å². The van der Waals surface area contributed by atoms with Gasteiger partial charge in [-0.1, -0.05) is 20.8 Å². The van der Waals surface area contributed by atoms with E-state index in [1.807, 2.05) is 27.7 Å². The first-order valence-corrected chi connectivity index (χ1v) is 7.01. The monoisotopic (exact) mass is 269 g/mol. The molecule has 4 heteroatoms. The van der Waals surface area contributed by atoms with Crippen LogP contribution in [0.3, 0.4) is 0 Å². The van der Waals surface area contributed by atoms with Gasteiger partial charge >= 0.3 is 6.09 Å². The SMILES string of the molecule is CC(C=O)C1CCC(C)(C)CN1C(=O)OC(C)(C)C. The fourth-order valence-electron chi connectivity index (χ4n) is 2.51. The number of amides is 1. The first-order valence-electron chi connectivity index (χ1n) is 7.01. The van der Waals surface area contributed by atoms with Gasteiger partial charge in [-0.25, -0.2) is 4.79 Å². The van der Waals surface area contributed by atoms with E-state index in [0.29, 0.717) is 6.54 Å². The van der Waals surface area contributed by atoms with Crippen LogP contribution in [0.2, 0.25) is 0 Å². The zero-order chi connectivity index (χ0) is 14.8. The summed E-state index contributed by atoms with van der Waals surface area (Å²) in [6.07, 6.45) is 2.50. The number of hydrogen-bond donors (Lipinski definition) is 0. The summed E-state index contributed by atoms with van der Waals surface area (Å²) in [5.41, 5.74) is -0.427. The summed E-state index contributed by atoms with van der Waals surface area (Å²) in [5, 5.41) is 0. The van der Waals surface area contributed by atoms with Crippen molar-refractivity contribution >= 4 is 12.4 Å². The molecule has 1 saturated heterocycles. The third-order valence-corrected chi connectivity index (χ3v) is 3.57. The van der Waals surface area contributed by atoms with Gasteiger partial charge in [0, 0.05) is 18.5 Å². The number of ether oxygens (including phenoxy) is 1. The van der Waals surface area contributed by atoms with E-state index in [4.69, 9.17) is 4.74 Å². The van der Waals surface area contributed by atoms with Gasteiger partial charge in [0.1, 0.15) is 11.9 Å². The number of piperidine rings is 1. The number of carbonyl (C=O) groups excluding carboxylic acids is 2. The average molecular weight is 269 g/mol. The van der Waals surface area contributed by atoms with E-state index >= 15 is 0 Å². The highest BCUT2D eigenvalue weighted by Gasteiger charge is 2.39. The Hall–Kier alpha value is -1.06. The number of rotatable bonds is 2. The number of carbonyl (C=O) groups is 2. The summed E-state index contributed by atoms with van der Waals surface area (Å²) in [6, 6.07) is -0.0413. The Morgan fingerprint density at radius 3 is 2.47 bits per heavy atom. The molecule has 1 amide bonds. The average Bonchev–Trinajstić information content (AvgIpc) is 2.24. The Balaban J connectivity index is 2.88. The predicted molar refractivity (Wildman–Crippen MR) is 75.0 cm³/mol. The molecular weight excluding hydrogens is 242 g/mol. The second-order valence-electron chi connectivity index (χ2n) is 7.37. The van der Waals surface area contributed by atoms with E-state index in [-0.39, 0.29) is 23.5 Å². The summed E-state index contributed by atoms with van der Waals surface area (Å²) in [4.78, 5) is 25.1. The molecule has 0 N–H and O–H groups in total. The first kappa shape index (κ1) is 16.0. The van der Waals surface area contributed by atoms with Gasteiger partial charge in [-0.05, 0) is 39.0 Å². The van der Waals surface area contributed by atoms with Crippen molar-refractivity contribution in [3.05, 3.63) is 0 Å². The topological polar surface area (TPSA) is 46.6 Å². The third kappa shape index (κ3) is 4.51. The highest BCUT2D eigenvalue weighted by molar-refractivity contribution is 5.70. The van der Waals surface area contributed by atoms with Gasteiger partial charge in [-0.3, -0.25) is 0 Å². The van der Waals surface area contributed by atoms with Crippen LogP contribution in [0.25, 0.3) is 0 Å². The third-order valence-electron chi connectivity index (χ3n) is 3.57. The van der Waals surface area contributed by atoms with Crippen LogP contribution in [-0.4, -0.2) is 35.5 Å². The van der Waals surface area contributed by atoms with E-state index in [2.05, 4.69) is 13.8 Å². The fourth-order valence-corrected chi connectivity index (χ4v) is 2.51. The fraction of sp³-hybridized carbons (Fsp3) is 0.867. The van der Waals surface area contributed by atoms with Crippen LogP contribution < -0.4 is 0 Å². The lowest BCUT2D eigenvalue weighted by molar-refractivity contribution is -0.113. The second-order valence-corrected chi connectivity index (χ2v) is 7.37. The summed E-state index contributed by atoms with van der Waals surface area (Å²) in [5.74, 6) is -0.149. The lowest BCUT2D eigenvalue weighted by atomic mass is 9.79. The lowest BCUT2D eigenvalue weighted by Gasteiger charge is -2.45. The van der Waals surface area contributed by atoms with E-state index in [0.717, 1.165) is 19.1 Å². The molecule has 2 unspecified atom stereocenters. The van der Waals surface area contributed by atoms with Crippen molar-refractivity contribution in [3.63, 3.8) is 0 Å². The largest absolute Gasteiger partial charge is 0.444 e. The number of hydrogen-bond acceptors (Lipinski definition) is 3. The molecule has 19 heavy (non-hydrogen) atoms. The molecule has 1 aliphatic heterocycles. The molecule has 1 aliphatic rings. The van der Waals surface area contributed by atoms with Crippen molar-refractivity contribution in [1.29, 1.82) is 0 Å². The molecule has 0 aromatic heterocycles. The summed E-state index contributed by atoms with van der Waals surface area (Å²) in [6.45, 7) is 12.4. The maximum Gasteiger partial charge on any atom is 0.410 e. The molecule has 0 aromatic carbocycles. The smallest absolute Gasteiger partial charge is 0.410 e. The zero-order valence-electron chi connectivity index (χ0n) is 13.0. The zero-order valence-corrected chi connectivity index (χ0v) is 13.0. The van der Waals surface area contributed by atoms with Gasteiger partial charge in [0.05, 0.1) is 0 Å². The predicted octanol–water partition coefficient (Wildman–Crippen LogP) is 3.25. The minimum Gasteiger partial charge on any atom is -0.444 e. The molecule has 110 valence electrons. The molecule has 0 bridgehead atoms. The van der Waals surface area contributed by atoms with Gasteiger partial charge in [0.15, 0.2) is 0 Å². The Bertz CT molecular complexity index is 344. The molecule has 0 saturated carbocycles. The molecule has 2 atom stereocenters. The van der Waals surface area contributed by atoms with Gasteiger partial charge in [0.25, 0.3) is 0 Å². The molecule has 0 radical (unpaired) electrons. The maximum absolute atomic E-state index is 12.3. The summed E-state index contributed by atoms with van der Waals surface area (Å²) in [7, 11) is 0. The Labute approximate surface area is 116 Å².